The molecule has 2 aromatic heterocycles. The molecule has 2 heterocycles. The van der Waals surface area contributed by atoms with Gasteiger partial charge in [0.05, 0.1) is 31.4 Å². The third-order valence-corrected chi connectivity index (χ3v) is 7.97. The van der Waals surface area contributed by atoms with E-state index < -0.39 is 46.6 Å². The molecule has 0 fully saturated rings. The lowest BCUT2D eigenvalue weighted by Crippen LogP contribution is -2.47. The third kappa shape index (κ3) is 8.20. The Bertz CT molecular complexity index is 2110. The van der Waals surface area contributed by atoms with Crippen LogP contribution in [0.5, 0.6) is 5.75 Å². The molecule has 52 heavy (non-hydrogen) atoms. The normalized spacial score (nSPS) is 12.1. The first-order valence-corrected chi connectivity index (χ1v) is 16.5. The Morgan fingerprint density at radius 1 is 0.865 bits per heavy atom. The molecule has 0 radical (unpaired) electrons. The molecule has 0 atom stereocenters. The second-order valence-electron chi connectivity index (χ2n) is 13.9. The molecule has 0 saturated heterocycles. The Morgan fingerprint density at radius 2 is 1.50 bits per heavy atom. The summed E-state index contributed by atoms with van der Waals surface area (Å²) in [5.41, 5.74) is -1.02. The molecule has 0 bridgehead atoms. The van der Waals surface area contributed by atoms with E-state index in [1.807, 2.05) is 0 Å². The molecule has 0 spiro atoms. The Morgan fingerprint density at radius 3 is 2.10 bits per heavy atom. The first-order chi connectivity index (χ1) is 24.3. The Kier molecular flexibility index (Phi) is 10.4. The molecular formula is C36H38ClF2N7O6. The fraction of sp³-hybridized carbons (Fsp3) is 0.361. The number of rotatable bonds is 8. The van der Waals surface area contributed by atoms with Gasteiger partial charge in [0.15, 0.2) is 0 Å². The van der Waals surface area contributed by atoms with E-state index in [-0.39, 0.29) is 34.1 Å². The first-order valence-electron chi connectivity index (χ1n) is 16.1. The Hall–Kier alpha value is -5.44. The van der Waals surface area contributed by atoms with Gasteiger partial charge < -0.3 is 14.2 Å². The van der Waals surface area contributed by atoms with Gasteiger partial charge in [0.2, 0.25) is 5.82 Å². The predicted molar refractivity (Wildman–Crippen MR) is 187 cm³/mol. The van der Waals surface area contributed by atoms with Gasteiger partial charge in [0, 0.05) is 27.1 Å². The monoisotopic (exact) mass is 737 g/mol. The second-order valence-corrected chi connectivity index (χ2v) is 14.3. The van der Waals surface area contributed by atoms with Gasteiger partial charge in [-0.15, -0.1) is 10.00 Å². The van der Waals surface area contributed by atoms with Gasteiger partial charge in [0.1, 0.15) is 17.0 Å². The van der Waals surface area contributed by atoms with Crippen molar-refractivity contribution >= 4 is 40.6 Å². The number of hydrogen-bond donors (Lipinski definition) is 0. The number of imide groups is 3. The van der Waals surface area contributed by atoms with Crippen LogP contribution in [0.25, 0.3) is 10.9 Å². The number of benzene rings is 3. The van der Waals surface area contributed by atoms with Crippen molar-refractivity contribution in [3.05, 3.63) is 99.5 Å². The second kappa shape index (κ2) is 14.3. The molecule has 0 N–H and O–H groups in total. The maximum atomic E-state index is 16.2. The van der Waals surface area contributed by atoms with Crippen LogP contribution in [-0.2, 0) is 28.5 Å². The minimum Gasteiger partial charge on any atom is -0.497 e. The van der Waals surface area contributed by atoms with E-state index in [4.69, 9.17) is 25.8 Å². The number of methoxy groups -OCH3 is 1. The average molecular weight is 738 g/mol. The van der Waals surface area contributed by atoms with Crippen LogP contribution in [-0.4, -0.2) is 71.3 Å². The number of carbonyl (C=O) groups excluding carboxylic acids is 3. The number of carbonyl (C=O) groups is 3. The van der Waals surface area contributed by atoms with Crippen LogP contribution in [0.2, 0.25) is 5.02 Å². The highest BCUT2D eigenvalue weighted by molar-refractivity contribution is 6.32. The lowest BCUT2D eigenvalue weighted by atomic mass is 10.0. The van der Waals surface area contributed by atoms with Crippen molar-refractivity contribution in [2.24, 2.45) is 0 Å². The van der Waals surface area contributed by atoms with Gasteiger partial charge in [-0.25, -0.2) is 14.3 Å². The van der Waals surface area contributed by atoms with Gasteiger partial charge in [-0.2, -0.15) is 13.9 Å². The van der Waals surface area contributed by atoms with Crippen molar-refractivity contribution in [2.45, 2.75) is 78.7 Å². The van der Waals surface area contributed by atoms with Gasteiger partial charge in [-0.1, -0.05) is 41.9 Å². The summed E-state index contributed by atoms with van der Waals surface area (Å²) in [5, 5.41) is 16.2. The van der Waals surface area contributed by atoms with Crippen LogP contribution in [0, 0.1) is 6.92 Å². The van der Waals surface area contributed by atoms with Crippen molar-refractivity contribution < 1.29 is 37.4 Å². The summed E-state index contributed by atoms with van der Waals surface area (Å²) in [4.78, 5) is 40.8. The number of aromatic nitrogens is 6. The zero-order chi connectivity index (χ0) is 38.2. The van der Waals surface area contributed by atoms with E-state index in [2.05, 4.69) is 20.6 Å². The summed E-state index contributed by atoms with van der Waals surface area (Å²) >= 11 is 6.63. The zero-order valence-electron chi connectivity index (χ0n) is 29.9. The zero-order valence-corrected chi connectivity index (χ0v) is 30.7. The summed E-state index contributed by atoms with van der Waals surface area (Å²) < 4.78 is 50.8. The smallest absolute Gasteiger partial charge is 0.427 e. The van der Waals surface area contributed by atoms with Crippen molar-refractivity contribution in [2.75, 3.05) is 7.11 Å². The molecule has 5 aromatic rings. The summed E-state index contributed by atoms with van der Waals surface area (Å²) in [6, 6.07) is 15.3. The Labute approximate surface area is 303 Å². The highest BCUT2D eigenvalue weighted by Crippen LogP contribution is 2.37. The van der Waals surface area contributed by atoms with Crippen molar-refractivity contribution in [1.29, 1.82) is 0 Å². The molecule has 13 nitrogen and oxygen atoms in total. The minimum atomic E-state index is -3.64. The quantitative estimate of drug-likeness (QED) is 0.157. The Balaban J connectivity index is 1.52. The van der Waals surface area contributed by atoms with Crippen molar-refractivity contribution in [3.8, 4) is 5.75 Å². The highest BCUT2D eigenvalue weighted by Gasteiger charge is 2.41. The van der Waals surface area contributed by atoms with Gasteiger partial charge >= 0.3 is 18.1 Å². The molecule has 3 amide bonds. The molecular weight excluding hydrogens is 700 g/mol. The largest absolute Gasteiger partial charge is 0.497 e. The average Bonchev–Trinajstić information content (AvgIpc) is 3.64. The SMILES string of the molecule is COc1ccc(Cn2nnnc2C(F)(F)c2ccc3c(C)nn(Cc4c(Cl)cccc4C(=O)N(C(=O)OC(C)(C)C)C(=O)OC(C)(C)C)c3c2)cc1. The molecule has 0 unspecified atom stereocenters. The van der Waals surface area contributed by atoms with Gasteiger partial charge in [-0.3, -0.25) is 9.48 Å². The van der Waals surface area contributed by atoms with Crippen molar-refractivity contribution in [1.82, 2.24) is 34.9 Å². The molecule has 0 aliphatic carbocycles. The number of halogens is 3. The van der Waals surface area contributed by atoms with Crippen LogP contribution in [0.4, 0.5) is 18.4 Å². The van der Waals surface area contributed by atoms with Crippen LogP contribution >= 0.6 is 11.6 Å². The fourth-order valence-electron chi connectivity index (χ4n) is 5.27. The van der Waals surface area contributed by atoms with E-state index in [0.717, 1.165) is 4.68 Å². The number of ether oxygens (including phenoxy) is 3. The topological polar surface area (TPSA) is 144 Å². The molecule has 0 aliphatic rings. The summed E-state index contributed by atoms with van der Waals surface area (Å²) in [6.45, 7) is 11.0. The van der Waals surface area contributed by atoms with Crippen LogP contribution in [0.1, 0.15) is 80.1 Å². The van der Waals surface area contributed by atoms with Crippen LogP contribution in [0.3, 0.4) is 0 Å². The molecule has 0 aliphatic heterocycles. The van der Waals surface area contributed by atoms with E-state index in [9.17, 15) is 14.4 Å². The number of amides is 3. The van der Waals surface area contributed by atoms with E-state index in [0.29, 0.717) is 27.9 Å². The number of hydrogen-bond acceptors (Lipinski definition) is 10. The molecule has 16 heteroatoms. The highest BCUT2D eigenvalue weighted by atomic mass is 35.5. The lowest BCUT2D eigenvalue weighted by Gasteiger charge is -2.28. The van der Waals surface area contributed by atoms with E-state index in [1.165, 1.54) is 48.2 Å². The predicted octanol–water partition coefficient (Wildman–Crippen LogP) is 7.54. The molecule has 3 aromatic carbocycles. The first kappa shape index (κ1) is 37.8. The molecule has 0 saturated carbocycles. The number of nitrogens with zero attached hydrogens (tertiary/aromatic N) is 7. The fourth-order valence-corrected chi connectivity index (χ4v) is 5.50. The number of aryl methyl sites for hydroxylation is 1. The van der Waals surface area contributed by atoms with Crippen molar-refractivity contribution in [3.63, 3.8) is 0 Å². The summed E-state index contributed by atoms with van der Waals surface area (Å²) in [7, 11) is 1.53. The standard InChI is InChI=1S/C36H38ClF2N7O6/c1-21-25-17-14-23(36(38,39)31-40-42-43-45(31)19-22-12-15-24(50-8)16-13-22)18-29(25)44(41-21)20-27-26(10-9-11-28(27)37)30(47)46(32(48)51-34(2,3)4)33(49)52-35(5,6)7/h9-18H,19-20H2,1-8H3. The molecule has 274 valence electrons. The molecule has 5 rings (SSSR count). The maximum absolute atomic E-state index is 16.2. The summed E-state index contributed by atoms with van der Waals surface area (Å²) in [6.07, 6.45) is -2.50. The van der Waals surface area contributed by atoms with Gasteiger partial charge in [-0.05, 0) is 94.8 Å². The van der Waals surface area contributed by atoms with Gasteiger partial charge in [0.25, 0.3) is 5.91 Å². The summed E-state index contributed by atoms with van der Waals surface area (Å²) in [5.74, 6) is -4.76. The number of tetrazole rings is 1. The number of alkyl halides is 2. The van der Waals surface area contributed by atoms with Crippen LogP contribution in [0.15, 0.2) is 60.7 Å². The van der Waals surface area contributed by atoms with E-state index in [1.54, 1.807) is 72.7 Å². The lowest BCUT2D eigenvalue weighted by molar-refractivity contribution is 0.00388. The third-order valence-electron chi connectivity index (χ3n) is 7.62. The number of fused-ring (bicyclic) bond motifs is 1. The van der Waals surface area contributed by atoms with Crippen LogP contribution < -0.4 is 4.74 Å². The van der Waals surface area contributed by atoms with E-state index >= 15 is 8.78 Å². The maximum Gasteiger partial charge on any atom is 0.427 e. The minimum absolute atomic E-state index is 0.0197.